The summed E-state index contributed by atoms with van der Waals surface area (Å²) >= 11 is 0. The van der Waals surface area contributed by atoms with E-state index < -0.39 is 17.4 Å². The molecule has 2 aromatic rings. The van der Waals surface area contributed by atoms with Gasteiger partial charge in [0.15, 0.2) is 0 Å². The normalized spacial score (nSPS) is 21.0. The van der Waals surface area contributed by atoms with E-state index in [0.29, 0.717) is 25.9 Å². The number of piperazine rings is 1. The topological polar surface area (TPSA) is 60.9 Å². The lowest BCUT2D eigenvalue weighted by Crippen LogP contribution is -2.59. The molecule has 0 aromatic heterocycles. The zero-order valence-electron chi connectivity index (χ0n) is 14.8. The zero-order chi connectivity index (χ0) is 19.0. The van der Waals surface area contributed by atoms with Crippen LogP contribution in [-0.4, -0.2) is 47.6 Å². The molecule has 1 aliphatic heterocycles. The van der Waals surface area contributed by atoms with Gasteiger partial charge in [-0.25, -0.2) is 9.18 Å². The van der Waals surface area contributed by atoms with Gasteiger partial charge in [0.2, 0.25) is 5.91 Å². The second-order valence-electron chi connectivity index (χ2n) is 7.22. The number of benzene rings is 2. The third kappa shape index (κ3) is 3.16. The maximum absolute atomic E-state index is 13.2. The molecule has 1 saturated heterocycles. The first-order valence-electron chi connectivity index (χ1n) is 9.11. The standard InChI is InChI=1S/C21H21FN2O3/c22-16-8-6-15(7-9-16)21(10-11-21)20(27)23-12-13-24(18(14-23)19(25)26)17-4-2-1-3-5-17/h1-9,18H,10-14H2,(H,25,26)/t18-/m0/s1. The minimum atomic E-state index is -0.942. The lowest BCUT2D eigenvalue weighted by Gasteiger charge is -2.41. The number of aliphatic carboxylic acids is 1. The Morgan fingerprint density at radius 3 is 2.26 bits per heavy atom. The first-order valence-corrected chi connectivity index (χ1v) is 9.11. The van der Waals surface area contributed by atoms with Gasteiger partial charge in [0.25, 0.3) is 0 Å². The number of hydrogen-bond acceptors (Lipinski definition) is 3. The molecule has 4 rings (SSSR count). The zero-order valence-corrected chi connectivity index (χ0v) is 14.8. The third-order valence-corrected chi connectivity index (χ3v) is 5.60. The van der Waals surface area contributed by atoms with Crippen LogP contribution in [-0.2, 0) is 15.0 Å². The van der Waals surface area contributed by atoms with Crippen molar-refractivity contribution in [1.29, 1.82) is 0 Å². The number of anilines is 1. The molecule has 0 radical (unpaired) electrons. The number of nitrogens with zero attached hydrogens (tertiary/aromatic N) is 2. The summed E-state index contributed by atoms with van der Waals surface area (Å²) in [5.74, 6) is -1.32. The summed E-state index contributed by atoms with van der Waals surface area (Å²) in [7, 11) is 0. The molecule has 2 aliphatic rings. The Hall–Kier alpha value is -2.89. The quantitative estimate of drug-likeness (QED) is 0.901. The SMILES string of the molecule is O=C(O)[C@@H]1CN(C(=O)C2(c3ccc(F)cc3)CC2)CCN1c1ccccc1. The summed E-state index contributed by atoms with van der Waals surface area (Å²) in [4.78, 5) is 28.6. The van der Waals surface area contributed by atoms with Gasteiger partial charge in [0.1, 0.15) is 11.9 Å². The van der Waals surface area contributed by atoms with Gasteiger partial charge in [-0.3, -0.25) is 4.79 Å². The molecule has 2 fully saturated rings. The Morgan fingerprint density at radius 1 is 1.00 bits per heavy atom. The molecule has 1 amide bonds. The molecule has 6 heteroatoms. The van der Waals surface area contributed by atoms with Crippen molar-refractivity contribution in [3.05, 3.63) is 66.0 Å². The highest BCUT2D eigenvalue weighted by atomic mass is 19.1. The molecule has 27 heavy (non-hydrogen) atoms. The summed E-state index contributed by atoms with van der Waals surface area (Å²) < 4.78 is 13.2. The van der Waals surface area contributed by atoms with E-state index >= 15 is 0 Å². The van der Waals surface area contributed by atoms with Gasteiger partial charge in [-0.1, -0.05) is 30.3 Å². The first-order chi connectivity index (χ1) is 13.0. The molecular formula is C21H21FN2O3. The van der Waals surface area contributed by atoms with Crippen LogP contribution in [0.15, 0.2) is 54.6 Å². The van der Waals surface area contributed by atoms with E-state index in [1.807, 2.05) is 35.2 Å². The summed E-state index contributed by atoms with van der Waals surface area (Å²) in [5.41, 5.74) is 1.04. The van der Waals surface area contributed by atoms with Gasteiger partial charge in [-0.15, -0.1) is 0 Å². The molecule has 1 atom stereocenters. The van der Waals surface area contributed by atoms with Gasteiger partial charge >= 0.3 is 5.97 Å². The van der Waals surface area contributed by atoms with Crippen molar-refractivity contribution in [1.82, 2.24) is 4.90 Å². The smallest absolute Gasteiger partial charge is 0.328 e. The number of carbonyl (C=O) groups is 2. The lowest BCUT2D eigenvalue weighted by atomic mass is 9.93. The van der Waals surface area contributed by atoms with E-state index in [4.69, 9.17) is 0 Å². The maximum Gasteiger partial charge on any atom is 0.328 e. The highest BCUT2D eigenvalue weighted by Crippen LogP contribution is 2.49. The van der Waals surface area contributed by atoms with Crippen molar-refractivity contribution in [2.75, 3.05) is 24.5 Å². The molecule has 0 unspecified atom stereocenters. The van der Waals surface area contributed by atoms with Crippen molar-refractivity contribution in [2.24, 2.45) is 0 Å². The average molecular weight is 368 g/mol. The molecule has 140 valence electrons. The van der Waals surface area contributed by atoms with Crippen LogP contribution in [0.3, 0.4) is 0 Å². The van der Waals surface area contributed by atoms with Crippen molar-refractivity contribution in [3.63, 3.8) is 0 Å². The Kier molecular flexibility index (Phi) is 4.34. The van der Waals surface area contributed by atoms with E-state index in [1.54, 1.807) is 17.0 Å². The minimum Gasteiger partial charge on any atom is -0.480 e. The number of amides is 1. The molecule has 0 bridgehead atoms. The second kappa shape index (κ2) is 6.68. The fourth-order valence-corrected chi connectivity index (χ4v) is 3.93. The van der Waals surface area contributed by atoms with Gasteiger partial charge in [-0.05, 0) is 42.7 Å². The minimum absolute atomic E-state index is 0.0481. The summed E-state index contributed by atoms with van der Waals surface area (Å²) in [6.07, 6.45) is 1.43. The molecule has 0 spiro atoms. The number of carboxylic acids is 1. The molecule has 1 aliphatic carbocycles. The molecule has 1 heterocycles. The van der Waals surface area contributed by atoms with Crippen LogP contribution < -0.4 is 4.90 Å². The van der Waals surface area contributed by atoms with Crippen molar-refractivity contribution >= 4 is 17.6 Å². The van der Waals surface area contributed by atoms with Crippen LogP contribution in [0.5, 0.6) is 0 Å². The van der Waals surface area contributed by atoms with Crippen molar-refractivity contribution in [3.8, 4) is 0 Å². The monoisotopic (exact) mass is 368 g/mol. The second-order valence-corrected chi connectivity index (χ2v) is 7.22. The molecule has 5 nitrogen and oxygen atoms in total. The third-order valence-electron chi connectivity index (χ3n) is 5.60. The summed E-state index contributed by atoms with van der Waals surface area (Å²) in [6, 6.07) is 14.7. The predicted octanol–water partition coefficient (Wildman–Crippen LogP) is 2.66. The number of carboxylic acid groups (broad SMARTS) is 1. The van der Waals surface area contributed by atoms with E-state index in [2.05, 4.69) is 0 Å². The van der Waals surface area contributed by atoms with E-state index in [0.717, 1.165) is 11.3 Å². The fraction of sp³-hybridized carbons (Fsp3) is 0.333. The van der Waals surface area contributed by atoms with Crippen LogP contribution >= 0.6 is 0 Å². The highest BCUT2D eigenvalue weighted by molar-refractivity contribution is 5.92. The molecular weight excluding hydrogens is 347 g/mol. The highest BCUT2D eigenvalue weighted by Gasteiger charge is 2.54. The van der Waals surface area contributed by atoms with Crippen molar-refractivity contribution in [2.45, 2.75) is 24.3 Å². The van der Waals surface area contributed by atoms with Gasteiger partial charge < -0.3 is 14.9 Å². The summed E-state index contributed by atoms with van der Waals surface area (Å²) in [5, 5.41) is 9.71. The van der Waals surface area contributed by atoms with E-state index in [1.165, 1.54) is 12.1 Å². The number of para-hydroxylation sites is 1. The number of hydrogen-bond donors (Lipinski definition) is 1. The Morgan fingerprint density at radius 2 is 1.67 bits per heavy atom. The van der Waals surface area contributed by atoms with Gasteiger partial charge in [0.05, 0.1) is 12.0 Å². The lowest BCUT2D eigenvalue weighted by molar-refractivity contribution is -0.142. The van der Waals surface area contributed by atoms with Gasteiger partial charge in [0, 0.05) is 18.8 Å². The molecule has 1 N–H and O–H groups in total. The fourth-order valence-electron chi connectivity index (χ4n) is 3.93. The Bertz CT molecular complexity index is 849. The average Bonchev–Trinajstić information content (AvgIpc) is 3.50. The van der Waals surface area contributed by atoms with Crippen molar-refractivity contribution < 1.29 is 19.1 Å². The number of halogens is 1. The van der Waals surface area contributed by atoms with Gasteiger partial charge in [-0.2, -0.15) is 0 Å². The van der Waals surface area contributed by atoms with Crippen LogP contribution in [0.4, 0.5) is 10.1 Å². The Balaban J connectivity index is 1.55. The number of rotatable bonds is 4. The maximum atomic E-state index is 13.2. The number of carbonyl (C=O) groups excluding carboxylic acids is 1. The van der Waals surface area contributed by atoms with E-state index in [9.17, 15) is 19.1 Å². The van der Waals surface area contributed by atoms with Crippen LogP contribution in [0.2, 0.25) is 0 Å². The molecule has 2 aromatic carbocycles. The van der Waals surface area contributed by atoms with Crippen LogP contribution in [0.1, 0.15) is 18.4 Å². The predicted molar refractivity (Wildman–Crippen MR) is 99.1 cm³/mol. The van der Waals surface area contributed by atoms with E-state index in [-0.39, 0.29) is 18.3 Å². The largest absolute Gasteiger partial charge is 0.480 e. The first kappa shape index (κ1) is 17.5. The Labute approximate surface area is 157 Å². The van der Waals surface area contributed by atoms with Crippen LogP contribution in [0.25, 0.3) is 0 Å². The molecule has 1 saturated carbocycles. The van der Waals surface area contributed by atoms with Crippen LogP contribution in [0, 0.1) is 5.82 Å². The summed E-state index contributed by atoms with van der Waals surface area (Å²) in [6.45, 7) is 1.08.